The Balaban J connectivity index is 1.78. The van der Waals surface area contributed by atoms with Gasteiger partial charge in [-0.05, 0) is 36.8 Å². The van der Waals surface area contributed by atoms with Gasteiger partial charge in [0.15, 0.2) is 0 Å². The van der Waals surface area contributed by atoms with Crippen molar-refractivity contribution < 1.29 is 17.9 Å². The van der Waals surface area contributed by atoms with Gasteiger partial charge in [-0.25, -0.2) is 13.1 Å². The molecule has 1 amide bonds. The number of anilines is 1. The number of ether oxygens (including phenoxy) is 1. The van der Waals surface area contributed by atoms with Crippen LogP contribution in [0.25, 0.3) is 10.8 Å². The predicted molar refractivity (Wildman–Crippen MR) is 119 cm³/mol. The van der Waals surface area contributed by atoms with Crippen LogP contribution < -0.4 is 14.8 Å². The van der Waals surface area contributed by atoms with E-state index in [1.807, 2.05) is 32.9 Å². The predicted octanol–water partition coefficient (Wildman–Crippen LogP) is 4.31. The molecule has 0 saturated heterocycles. The molecule has 0 atom stereocenters. The Hall–Kier alpha value is -2.90. The number of amides is 1. The molecule has 158 valence electrons. The maximum Gasteiger partial charge on any atom is 0.241 e. The highest BCUT2D eigenvalue weighted by Gasteiger charge is 2.19. The third-order valence-electron chi connectivity index (χ3n) is 4.65. The monoisotopic (exact) mass is 426 g/mol. The number of benzene rings is 3. The standard InChI is InChI=1S/C23H26N2O4S/c1-4-29-21-13-14-22(20-8-6-5-7-19(20)21)30(27,28)24-15-17-9-11-18(12-10-17)25-23(26)16(2)3/h5-14,16,24H,4,15H2,1-3H3,(H,25,26). The van der Waals surface area contributed by atoms with E-state index in [0.29, 0.717) is 23.4 Å². The lowest BCUT2D eigenvalue weighted by Crippen LogP contribution is -2.23. The number of rotatable bonds is 8. The van der Waals surface area contributed by atoms with Gasteiger partial charge in [-0.1, -0.05) is 50.2 Å². The fourth-order valence-corrected chi connectivity index (χ4v) is 4.23. The van der Waals surface area contributed by atoms with E-state index in [-0.39, 0.29) is 23.3 Å². The van der Waals surface area contributed by atoms with Gasteiger partial charge in [0.25, 0.3) is 0 Å². The van der Waals surface area contributed by atoms with Gasteiger partial charge in [0.2, 0.25) is 15.9 Å². The van der Waals surface area contributed by atoms with E-state index in [9.17, 15) is 13.2 Å². The van der Waals surface area contributed by atoms with Crippen molar-refractivity contribution in [2.75, 3.05) is 11.9 Å². The van der Waals surface area contributed by atoms with E-state index < -0.39 is 10.0 Å². The van der Waals surface area contributed by atoms with Crippen molar-refractivity contribution in [1.29, 1.82) is 0 Å². The highest BCUT2D eigenvalue weighted by Crippen LogP contribution is 2.31. The quantitative estimate of drug-likeness (QED) is 0.562. The minimum Gasteiger partial charge on any atom is -0.493 e. The molecule has 0 aromatic heterocycles. The molecular weight excluding hydrogens is 400 g/mol. The van der Waals surface area contributed by atoms with Gasteiger partial charge < -0.3 is 10.1 Å². The number of sulfonamides is 1. The SMILES string of the molecule is CCOc1ccc(S(=O)(=O)NCc2ccc(NC(=O)C(C)C)cc2)c2ccccc12. The van der Waals surface area contributed by atoms with Crippen molar-refractivity contribution in [3.63, 3.8) is 0 Å². The zero-order valence-electron chi connectivity index (χ0n) is 17.3. The summed E-state index contributed by atoms with van der Waals surface area (Å²) in [5, 5.41) is 4.18. The second-order valence-electron chi connectivity index (χ2n) is 7.21. The third-order valence-corrected chi connectivity index (χ3v) is 6.10. The van der Waals surface area contributed by atoms with E-state index >= 15 is 0 Å². The minimum absolute atomic E-state index is 0.0640. The molecule has 30 heavy (non-hydrogen) atoms. The Morgan fingerprint density at radius 3 is 2.27 bits per heavy atom. The van der Waals surface area contributed by atoms with E-state index in [4.69, 9.17) is 4.74 Å². The number of nitrogens with one attached hydrogen (secondary N) is 2. The van der Waals surface area contributed by atoms with Crippen LogP contribution in [-0.4, -0.2) is 20.9 Å². The smallest absolute Gasteiger partial charge is 0.241 e. The Bertz CT molecular complexity index is 1140. The summed E-state index contributed by atoms with van der Waals surface area (Å²) < 4.78 is 34.2. The third kappa shape index (κ3) is 4.98. The molecule has 2 N–H and O–H groups in total. The van der Waals surface area contributed by atoms with Gasteiger partial charge in [-0.15, -0.1) is 0 Å². The maximum absolute atomic E-state index is 13.0. The van der Waals surface area contributed by atoms with Crippen LogP contribution in [-0.2, 0) is 21.4 Å². The summed E-state index contributed by atoms with van der Waals surface area (Å²) in [5.74, 6) is 0.484. The molecule has 3 aromatic carbocycles. The number of hydrogen-bond acceptors (Lipinski definition) is 4. The van der Waals surface area contributed by atoms with Crippen LogP contribution in [0.5, 0.6) is 5.75 Å². The molecule has 3 aromatic rings. The normalized spacial score (nSPS) is 11.6. The lowest BCUT2D eigenvalue weighted by atomic mass is 10.1. The molecule has 3 rings (SSSR count). The van der Waals surface area contributed by atoms with Crippen molar-refractivity contribution in [1.82, 2.24) is 4.72 Å². The fourth-order valence-electron chi connectivity index (χ4n) is 3.01. The van der Waals surface area contributed by atoms with Crippen LogP contribution in [0.3, 0.4) is 0 Å². The molecule has 0 aliphatic heterocycles. The van der Waals surface area contributed by atoms with Gasteiger partial charge in [0.05, 0.1) is 11.5 Å². The van der Waals surface area contributed by atoms with Gasteiger partial charge in [0, 0.05) is 28.9 Å². The number of carbonyl (C=O) groups is 1. The van der Waals surface area contributed by atoms with E-state index in [0.717, 1.165) is 10.9 Å². The first-order chi connectivity index (χ1) is 14.3. The van der Waals surface area contributed by atoms with Gasteiger partial charge in [-0.2, -0.15) is 0 Å². The average molecular weight is 427 g/mol. The summed E-state index contributed by atoms with van der Waals surface area (Å²) in [5.41, 5.74) is 1.47. The first-order valence-corrected chi connectivity index (χ1v) is 11.3. The molecule has 0 heterocycles. The number of hydrogen-bond donors (Lipinski definition) is 2. The molecule has 0 aliphatic rings. The molecule has 0 radical (unpaired) electrons. The second kappa shape index (κ2) is 9.28. The zero-order chi connectivity index (χ0) is 21.7. The minimum atomic E-state index is -3.73. The molecule has 0 bridgehead atoms. The topological polar surface area (TPSA) is 84.5 Å². The second-order valence-corrected chi connectivity index (χ2v) is 8.94. The molecule has 0 aliphatic carbocycles. The first-order valence-electron chi connectivity index (χ1n) is 9.86. The van der Waals surface area contributed by atoms with Crippen LogP contribution in [0.1, 0.15) is 26.3 Å². The first kappa shape index (κ1) is 21.8. The van der Waals surface area contributed by atoms with Crippen molar-refractivity contribution in [2.45, 2.75) is 32.2 Å². The summed E-state index contributed by atoms with van der Waals surface area (Å²) in [6, 6.07) is 17.6. The summed E-state index contributed by atoms with van der Waals surface area (Å²) in [7, 11) is -3.73. The number of fused-ring (bicyclic) bond motifs is 1. The Morgan fingerprint density at radius 2 is 1.63 bits per heavy atom. The highest BCUT2D eigenvalue weighted by molar-refractivity contribution is 7.89. The molecule has 0 saturated carbocycles. The molecule has 7 heteroatoms. The summed E-state index contributed by atoms with van der Waals surface area (Å²) >= 11 is 0. The summed E-state index contributed by atoms with van der Waals surface area (Å²) in [6.07, 6.45) is 0. The summed E-state index contributed by atoms with van der Waals surface area (Å²) in [6.45, 7) is 6.18. The Morgan fingerprint density at radius 1 is 0.967 bits per heavy atom. The maximum atomic E-state index is 13.0. The van der Waals surface area contributed by atoms with Gasteiger partial charge in [0.1, 0.15) is 5.75 Å². The molecule has 0 fully saturated rings. The molecular formula is C23H26N2O4S. The van der Waals surface area contributed by atoms with Gasteiger partial charge in [-0.3, -0.25) is 4.79 Å². The van der Waals surface area contributed by atoms with Crippen LogP contribution in [0.4, 0.5) is 5.69 Å². The molecule has 6 nitrogen and oxygen atoms in total. The Labute approximate surface area is 177 Å². The van der Waals surface area contributed by atoms with Crippen LogP contribution in [0, 0.1) is 5.92 Å². The van der Waals surface area contributed by atoms with E-state index in [1.54, 1.807) is 48.5 Å². The van der Waals surface area contributed by atoms with Gasteiger partial charge >= 0.3 is 0 Å². The van der Waals surface area contributed by atoms with Crippen molar-refractivity contribution in [3.05, 3.63) is 66.2 Å². The number of carbonyl (C=O) groups excluding carboxylic acids is 1. The molecule has 0 spiro atoms. The summed E-state index contributed by atoms with van der Waals surface area (Å²) in [4.78, 5) is 12.0. The van der Waals surface area contributed by atoms with E-state index in [1.165, 1.54) is 0 Å². The Kier molecular flexibility index (Phi) is 6.74. The van der Waals surface area contributed by atoms with Crippen LogP contribution in [0.2, 0.25) is 0 Å². The lowest BCUT2D eigenvalue weighted by molar-refractivity contribution is -0.118. The fraction of sp³-hybridized carbons (Fsp3) is 0.261. The largest absolute Gasteiger partial charge is 0.493 e. The van der Waals surface area contributed by atoms with E-state index in [2.05, 4.69) is 10.0 Å². The van der Waals surface area contributed by atoms with Crippen molar-refractivity contribution in [2.24, 2.45) is 5.92 Å². The van der Waals surface area contributed by atoms with Crippen molar-refractivity contribution in [3.8, 4) is 5.75 Å². The van der Waals surface area contributed by atoms with Crippen molar-refractivity contribution >= 4 is 32.4 Å². The van der Waals surface area contributed by atoms with Crippen LogP contribution >= 0.6 is 0 Å². The molecule has 0 unspecified atom stereocenters. The van der Waals surface area contributed by atoms with Crippen LogP contribution in [0.15, 0.2) is 65.6 Å². The highest BCUT2D eigenvalue weighted by atomic mass is 32.2. The average Bonchev–Trinajstić information content (AvgIpc) is 2.73. The lowest BCUT2D eigenvalue weighted by Gasteiger charge is -2.13. The zero-order valence-corrected chi connectivity index (χ0v) is 18.1.